The van der Waals surface area contributed by atoms with Crippen LogP contribution in [0.1, 0.15) is 43.2 Å². The van der Waals surface area contributed by atoms with Gasteiger partial charge in [-0.1, -0.05) is 18.4 Å². The average molecular weight is 394 g/mol. The molecule has 2 aliphatic rings. The molecule has 4 nitrogen and oxygen atoms in total. The van der Waals surface area contributed by atoms with Gasteiger partial charge < -0.3 is 14.5 Å². The molecule has 0 saturated carbocycles. The summed E-state index contributed by atoms with van der Waals surface area (Å²) >= 11 is 0. The standard InChI is InChI=1S/C24H27FN2O2/c1-3-21-22(25)8-7-18-16-20(15-17(2)23(18)21)29-24(28)27-13-9-19(10-14-27)26-11-5-4-6-12-26/h1,7-8,15-16,19H,4-6,9-14H2,2H3. The van der Waals surface area contributed by atoms with E-state index >= 15 is 0 Å². The number of ether oxygens (including phenoxy) is 1. The van der Waals surface area contributed by atoms with Gasteiger partial charge in [0.05, 0.1) is 5.56 Å². The molecular weight excluding hydrogens is 367 g/mol. The van der Waals surface area contributed by atoms with Crippen LogP contribution in [-0.4, -0.2) is 48.1 Å². The summed E-state index contributed by atoms with van der Waals surface area (Å²) in [6.45, 7) is 5.67. The number of rotatable bonds is 2. The summed E-state index contributed by atoms with van der Waals surface area (Å²) in [7, 11) is 0. The summed E-state index contributed by atoms with van der Waals surface area (Å²) in [6.07, 6.45) is 11.1. The first kappa shape index (κ1) is 19.7. The Balaban J connectivity index is 1.43. The molecule has 0 aromatic heterocycles. The number of halogens is 1. The van der Waals surface area contributed by atoms with Crippen LogP contribution in [0, 0.1) is 25.1 Å². The lowest BCUT2D eigenvalue weighted by Crippen LogP contribution is -2.48. The van der Waals surface area contributed by atoms with Gasteiger partial charge in [0.25, 0.3) is 0 Å². The van der Waals surface area contributed by atoms with Crippen LogP contribution in [0.25, 0.3) is 10.8 Å². The number of carbonyl (C=O) groups excluding carboxylic acids is 1. The first-order valence-electron chi connectivity index (χ1n) is 10.5. The van der Waals surface area contributed by atoms with E-state index in [1.54, 1.807) is 23.1 Å². The Bertz CT molecular complexity index is 951. The Hall–Kier alpha value is -2.58. The van der Waals surface area contributed by atoms with Gasteiger partial charge in [0.15, 0.2) is 0 Å². The zero-order valence-electron chi connectivity index (χ0n) is 16.9. The van der Waals surface area contributed by atoms with Crippen molar-refractivity contribution in [2.24, 2.45) is 0 Å². The van der Waals surface area contributed by atoms with E-state index in [1.165, 1.54) is 38.4 Å². The second-order valence-corrected chi connectivity index (χ2v) is 8.09. The van der Waals surface area contributed by atoms with Gasteiger partial charge in [-0.15, -0.1) is 6.42 Å². The summed E-state index contributed by atoms with van der Waals surface area (Å²) in [4.78, 5) is 17.0. The maximum atomic E-state index is 14.0. The molecule has 0 atom stereocenters. The van der Waals surface area contributed by atoms with Crippen LogP contribution < -0.4 is 4.74 Å². The summed E-state index contributed by atoms with van der Waals surface area (Å²) < 4.78 is 19.6. The van der Waals surface area contributed by atoms with E-state index < -0.39 is 5.82 Å². The summed E-state index contributed by atoms with van der Waals surface area (Å²) in [5, 5.41) is 1.46. The smallest absolute Gasteiger partial charge is 0.410 e. The summed E-state index contributed by atoms with van der Waals surface area (Å²) in [5.74, 6) is 2.48. The highest BCUT2D eigenvalue weighted by atomic mass is 19.1. The Kier molecular flexibility index (Phi) is 5.73. The number of likely N-dealkylation sites (tertiary alicyclic amines) is 2. The van der Waals surface area contributed by atoms with Crippen molar-refractivity contribution in [1.29, 1.82) is 0 Å². The number of hydrogen-bond acceptors (Lipinski definition) is 3. The van der Waals surface area contributed by atoms with Gasteiger partial charge in [0.1, 0.15) is 11.6 Å². The minimum Gasteiger partial charge on any atom is -0.410 e. The van der Waals surface area contributed by atoms with Crippen molar-refractivity contribution in [3.63, 3.8) is 0 Å². The Labute approximate surface area is 171 Å². The number of fused-ring (bicyclic) bond motifs is 1. The molecule has 2 heterocycles. The third kappa shape index (κ3) is 4.09. The lowest BCUT2D eigenvalue weighted by Gasteiger charge is -2.39. The summed E-state index contributed by atoms with van der Waals surface area (Å²) in [5.41, 5.74) is 1.04. The van der Waals surface area contributed by atoms with E-state index in [4.69, 9.17) is 11.2 Å². The highest BCUT2D eigenvalue weighted by molar-refractivity contribution is 5.92. The number of amides is 1. The highest BCUT2D eigenvalue weighted by Crippen LogP contribution is 2.30. The lowest BCUT2D eigenvalue weighted by molar-refractivity contribution is 0.0878. The fourth-order valence-corrected chi connectivity index (χ4v) is 4.68. The van der Waals surface area contributed by atoms with Gasteiger partial charge in [-0.05, 0) is 74.8 Å². The molecule has 0 aliphatic carbocycles. The molecule has 2 aromatic carbocycles. The third-order valence-corrected chi connectivity index (χ3v) is 6.22. The topological polar surface area (TPSA) is 32.8 Å². The quantitative estimate of drug-likeness (QED) is 0.691. The minimum atomic E-state index is -0.413. The zero-order valence-corrected chi connectivity index (χ0v) is 16.9. The van der Waals surface area contributed by atoms with Crippen LogP contribution in [0.3, 0.4) is 0 Å². The number of nitrogens with zero attached hydrogens (tertiary/aromatic N) is 2. The fraction of sp³-hybridized carbons (Fsp3) is 0.458. The zero-order chi connectivity index (χ0) is 20.4. The van der Waals surface area contributed by atoms with Crippen LogP contribution in [0.4, 0.5) is 9.18 Å². The van der Waals surface area contributed by atoms with E-state index in [9.17, 15) is 9.18 Å². The number of hydrogen-bond donors (Lipinski definition) is 0. The van der Waals surface area contributed by atoms with E-state index in [0.717, 1.165) is 36.9 Å². The van der Waals surface area contributed by atoms with E-state index in [-0.39, 0.29) is 11.7 Å². The number of piperidine rings is 2. The van der Waals surface area contributed by atoms with Gasteiger partial charge >= 0.3 is 6.09 Å². The molecule has 2 saturated heterocycles. The minimum absolute atomic E-state index is 0.248. The van der Waals surface area contributed by atoms with Crippen LogP contribution >= 0.6 is 0 Å². The monoisotopic (exact) mass is 394 g/mol. The maximum Gasteiger partial charge on any atom is 0.415 e. The highest BCUT2D eigenvalue weighted by Gasteiger charge is 2.28. The lowest BCUT2D eigenvalue weighted by atomic mass is 9.99. The predicted octanol–water partition coefficient (Wildman–Crippen LogP) is 4.72. The SMILES string of the molecule is C#Cc1c(F)ccc2cc(OC(=O)N3CCC(N4CCCCC4)CC3)cc(C)c12. The van der Waals surface area contributed by atoms with Crippen LogP contribution in [0.5, 0.6) is 5.75 Å². The Morgan fingerprint density at radius 2 is 1.86 bits per heavy atom. The van der Waals surface area contributed by atoms with Crippen molar-refractivity contribution in [3.8, 4) is 18.1 Å². The van der Waals surface area contributed by atoms with E-state index in [0.29, 0.717) is 17.2 Å². The largest absolute Gasteiger partial charge is 0.415 e. The second-order valence-electron chi connectivity index (χ2n) is 8.09. The Morgan fingerprint density at radius 3 is 2.55 bits per heavy atom. The molecule has 0 bridgehead atoms. The van der Waals surface area contributed by atoms with Gasteiger partial charge in [-0.25, -0.2) is 9.18 Å². The Morgan fingerprint density at radius 1 is 1.14 bits per heavy atom. The molecule has 2 aliphatic heterocycles. The fourth-order valence-electron chi connectivity index (χ4n) is 4.68. The first-order chi connectivity index (χ1) is 14.1. The first-order valence-corrected chi connectivity index (χ1v) is 10.5. The van der Waals surface area contributed by atoms with Crippen LogP contribution in [0.15, 0.2) is 24.3 Å². The molecule has 152 valence electrons. The van der Waals surface area contributed by atoms with Crippen LogP contribution in [0.2, 0.25) is 0 Å². The number of carbonyl (C=O) groups is 1. The van der Waals surface area contributed by atoms with Gasteiger partial charge in [-0.3, -0.25) is 0 Å². The molecule has 0 unspecified atom stereocenters. The van der Waals surface area contributed by atoms with Crippen LogP contribution in [-0.2, 0) is 0 Å². The average Bonchev–Trinajstić information content (AvgIpc) is 2.75. The molecule has 4 rings (SSSR count). The van der Waals surface area contributed by atoms with Crippen molar-refractivity contribution < 1.29 is 13.9 Å². The van der Waals surface area contributed by atoms with Crippen molar-refractivity contribution in [2.45, 2.75) is 45.1 Å². The van der Waals surface area contributed by atoms with Crippen molar-refractivity contribution in [1.82, 2.24) is 9.80 Å². The van der Waals surface area contributed by atoms with Gasteiger partial charge in [-0.2, -0.15) is 0 Å². The molecule has 2 aromatic rings. The molecule has 29 heavy (non-hydrogen) atoms. The number of terminal acetylenes is 1. The molecule has 5 heteroatoms. The van der Waals surface area contributed by atoms with Gasteiger partial charge in [0, 0.05) is 24.5 Å². The number of benzene rings is 2. The molecule has 0 spiro atoms. The molecule has 1 amide bonds. The molecular formula is C24H27FN2O2. The third-order valence-electron chi connectivity index (χ3n) is 6.22. The number of aryl methyl sites for hydroxylation is 1. The molecule has 0 N–H and O–H groups in total. The van der Waals surface area contributed by atoms with E-state index in [2.05, 4.69) is 10.8 Å². The summed E-state index contributed by atoms with van der Waals surface area (Å²) in [6, 6.07) is 7.11. The molecule has 0 radical (unpaired) electrons. The van der Waals surface area contributed by atoms with Gasteiger partial charge in [0.2, 0.25) is 0 Å². The van der Waals surface area contributed by atoms with E-state index in [1.807, 2.05) is 6.92 Å². The second kappa shape index (κ2) is 8.42. The van der Waals surface area contributed by atoms with Crippen molar-refractivity contribution in [3.05, 3.63) is 41.2 Å². The van der Waals surface area contributed by atoms with Crippen molar-refractivity contribution >= 4 is 16.9 Å². The predicted molar refractivity (Wildman–Crippen MR) is 113 cm³/mol. The maximum absolute atomic E-state index is 14.0. The van der Waals surface area contributed by atoms with Crippen molar-refractivity contribution in [2.75, 3.05) is 26.2 Å². The molecule has 2 fully saturated rings. The normalized spacial score (nSPS) is 18.6.